The summed E-state index contributed by atoms with van der Waals surface area (Å²) in [6.45, 7) is 19.5. The van der Waals surface area contributed by atoms with Gasteiger partial charge in [-0.1, -0.05) is 0 Å². The Balaban J connectivity index is 0.000000921. The van der Waals surface area contributed by atoms with Crippen molar-refractivity contribution >= 4 is 0 Å². The van der Waals surface area contributed by atoms with Crippen molar-refractivity contribution in [2.75, 3.05) is 0 Å². The number of rotatable bonds is 2. The van der Waals surface area contributed by atoms with Crippen molar-refractivity contribution in [2.45, 2.75) is 41.5 Å². The fraction of sp³-hybridized carbons (Fsp3) is 0.250. The van der Waals surface area contributed by atoms with Gasteiger partial charge in [-0.25, -0.2) is 19.6 Å². The van der Waals surface area contributed by atoms with Crippen LogP contribution in [0.2, 0.25) is 0 Å². The monoisotopic (exact) mass is 486 g/mol. The number of hydrogen-bond acceptors (Lipinski definition) is 0. The normalized spacial score (nSPS) is 10.0. The molecule has 0 atom stereocenters. The minimum Gasteiger partial charge on any atom is -1.00 e. The SMILES string of the molecule is C=C[CH2-].Cc1cc(C)c(-n2ccn(-c3c(C)cc(C)cc3C)[c]2=[Pd])c(C)c1.[Cl-]. The second-order valence-corrected chi connectivity index (χ2v) is 7.76. The van der Waals surface area contributed by atoms with E-state index in [2.05, 4.69) is 120 Å². The number of allylic oxidation sites excluding steroid dienone is 1. The summed E-state index contributed by atoms with van der Waals surface area (Å²) in [6.07, 6.45) is 5.78. The minimum absolute atomic E-state index is 0. The molecule has 0 saturated carbocycles. The summed E-state index contributed by atoms with van der Waals surface area (Å²) in [6, 6.07) is 8.97. The van der Waals surface area contributed by atoms with Gasteiger partial charge in [0.25, 0.3) is 0 Å². The second-order valence-electron chi connectivity index (χ2n) is 7.06. The van der Waals surface area contributed by atoms with Crippen LogP contribution in [-0.4, -0.2) is 9.13 Å². The van der Waals surface area contributed by atoms with E-state index >= 15 is 0 Å². The van der Waals surface area contributed by atoms with E-state index in [4.69, 9.17) is 0 Å². The molecule has 3 aromatic rings. The molecule has 0 N–H and O–H groups in total. The molecule has 0 aliphatic carbocycles. The van der Waals surface area contributed by atoms with Gasteiger partial charge in [-0.2, -0.15) is 0 Å². The standard InChI is InChI=1S/C21H24N2.C3H5.ClH.Pd/c1-14-9-16(3)20(17(4)10-14)22-7-8-23(13-22)21-18(5)11-15(2)12-19(21)6;1-3-2;;/h7-12H,1-6H3;3H,1-2H2;1H;/q;-1;;/p-1. The number of benzene rings is 2. The summed E-state index contributed by atoms with van der Waals surface area (Å²) in [7, 11) is 0. The second kappa shape index (κ2) is 10.1. The zero-order valence-corrected chi connectivity index (χ0v) is 19.9. The van der Waals surface area contributed by atoms with E-state index in [1.165, 1.54) is 50.8 Å². The van der Waals surface area contributed by atoms with Crippen molar-refractivity contribution < 1.29 is 31.2 Å². The predicted octanol–water partition coefficient (Wildman–Crippen LogP) is 3.21. The van der Waals surface area contributed by atoms with E-state index < -0.39 is 0 Å². The number of imidazole rings is 1. The molecule has 4 heteroatoms. The molecule has 0 unspecified atom stereocenters. The van der Waals surface area contributed by atoms with Gasteiger partial charge in [0, 0.05) is 0 Å². The van der Waals surface area contributed by atoms with Gasteiger partial charge in [0.05, 0.1) is 0 Å². The van der Waals surface area contributed by atoms with Gasteiger partial charge in [0.15, 0.2) is 0 Å². The van der Waals surface area contributed by atoms with Gasteiger partial charge >= 0.3 is 155 Å². The number of nitrogens with zero attached hydrogens (tertiary/aromatic N) is 2. The molecule has 0 aliphatic rings. The van der Waals surface area contributed by atoms with Crippen molar-refractivity contribution in [3.8, 4) is 11.4 Å². The number of aromatic nitrogens is 2. The Hall–Kier alpha value is -1.79. The first kappa shape index (κ1) is 24.3. The van der Waals surface area contributed by atoms with E-state index in [9.17, 15) is 0 Å². The van der Waals surface area contributed by atoms with Gasteiger partial charge < -0.3 is 12.4 Å². The van der Waals surface area contributed by atoms with Crippen molar-refractivity contribution in [1.82, 2.24) is 9.13 Å². The van der Waals surface area contributed by atoms with Gasteiger partial charge in [0.1, 0.15) is 0 Å². The smallest absolute Gasteiger partial charge is 1.00 e. The van der Waals surface area contributed by atoms with Crippen LogP contribution in [0, 0.1) is 52.4 Å². The van der Waals surface area contributed by atoms with Crippen LogP contribution in [0.3, 0.4) is 0 Å². The molecule has 0 bridgehead atoms. The zero-order chi connectivity index (χ0) is 20.3. The molecule has 0 amide bonds. The predicted molar refractivity (Wildman–Crippen MR) is 112 cm³/mol. The maximum atomic E-state index is 3.50. The van der Waals surface area contributed by atoms with E-state index in [0.29, 0.717) is 0 Å². The quantitative estimate of drug-likeness (QED) is 0.388. The van der Waals surface area contributed by atoms with Gasteiger partial charge in [-0.15, -0.1) is 0 Å². The molecule has 2 aromatic carbocycles. The van der Waals surface area contributed by atoms with Crippen LogP contribution in [0.25, 0.3) is 11.4 Å². The summed E-state index contributed by atoms with van der Waals surface area (Å²) in [5.74, 6) is 0. The maximum absolute atomic E-state index is 3.50. The van der Waals surface area contributed by atoms with Crippen LogP contribution < -0.4 is 12.4 Å². The fourth-order valence-electron chi connectivity index (χ4n) is 3.79. The molecule has 0 spiro atoms. The zero-order valence-electron chi connectivity index (χ0n) is 17.5. The molecule has 0 aliphatic heterocycles. The molecule has 0 saturated heterocycles. The van der Waals surface area contributed by atoms with Crippen LogP contribution in [0.15, 0.2) is 49.3 Å². The van der Waals surface area contributed by atoms with Crippen LogP contribution in [0.4, 0.5) is 0 Å². The largest absolute Gasteiger partial charge is 1.00 e. The van der Waals surface area contributed by atoms with Gasteiger partial charge in [-0.3, -0.25) is 0 Å². The molecule has 28 heavy (non-hydrogen) atoms. The summed E-state index contributed by atoms with van der Waals surface area (Å²) in [5.41, 5.74) is 10.3. The molecule has 154 valence electrons. The van der Waals surface area contributed by atoms with Crippen molar-refractivity contribution in [3.05, 3.63) is 93.5 Å². The van der Waals surface area contributed by atoms with Crippen molar-refractivity contribution in [2.24, 2.45) is 0 Å². The van der Waals surface area contributed by atoms with E-state index in [0.717, 1.165) is 3.89 Å². The number of aryl methyl sites for hydroxylation is 6. The average molecular weight is 487 g/mol. The summed E-state index contributed by atoms with van der Waals surface area (Å²) >= 11 is 3.50. The minimum atomic E-state index is 0. The molecule has 1 heterocycles. The van der Waals surface area contributed by atoms with E-state index in [1.54, 1.807) is 0 Å². The molecular formula is C24H29ClN2Pd-2. The first-order chi connectivity index (χ1) is 12.7. The molecular weight excluding hydrogens is 458 g/mol. The van der Waals surface area contributed by atoms with Gasteiger partial charge in [-0.05, 0) is 0 Å². The Morgan fingerprint density at radius 2 is 1.00 bits per heavy atom. The van der Waals surface area contributed by atoms with Crippen molar-refractivity contribution in [3.63, 3.8) is 0 Å². The van der Waals surface area contributed by atoms with Crippen LogP contribution in [-0.2, 0) is 18.7 Å². The Bertz CT molecular complexity index is 917. The molecule has 0 fully saturated rings. The van der Waals surface area contributed by atoms with Crippen LogP contribution in [0.5, 0.6) is 0 Å². The summed E-state index contributed by atoms with van der Waals surface area (Å²) < 4.78 is 5.56. The number of hydrogen-bond donors (Lipinski definition) is 0. The summed E-state index contributed by atoms with van der Waals surface area (Å²) in [4.78, 5) is 0. The third-order valence-corrected chi connectivity index (χ3v) is 5.23. The molecule has 1 aromatic heterocycles. The van der Waals surface area contributed by atoms with E-state index in [-0.39, 0.29) is 12.4 Å². The number of halogens is 1. The first-order valence-corrected chi connectivity index (χ1v) is 9.81. The third kappa shape index (κ3) is 4.97. The fourth-order valence-corrected chi connectivity index (χ4v) is 4.37. The Morgan fingerprint density at radius 1 is 0.750 bits per heavy atom. The van der Waals surface area contributed by atoms with Gasteiger partial charge in [0.2, 0.25) is 0 Å². The maximum Gasteiger partial charge on any atom is -1.00 e. The third-order valence-electron chi connectivity index (χ3n) is 4.49. The van der Waals surface area contributed by atoms with Crippen LogP contribution >= 0.6 is 0 Å². The Morgan fingerprint density at radius 3 is 1.25 bits per heavy atom. The van der Waals surface area contributed by atoms with E-state index in [1.807, 2.05) is 0 Å². The molecule has 3 rings (SSSR count). The first-order valence-electron chi connectivity index (χ1n) is 9.03. The summed E-state index contributed by atoms with van der Waals surface area (Å²) in [5, 5.41) is 0. The van der Waals surface area contributed by atoms with Crippen molar-refractivity contribution in [1.29, 1.82) is 0 Å². The molecule has 2 nitrogen and oxygen atoms in total. The Labute approximate surface area is 186 Å². The van der Waals surface area contributed by atoms with Crippen LogP contribution in [0.1, 0.15) is 33.4 Å². The molecule has 0 radical (unpaired) electrons. The topological polar surface area (TPSA) is 9.86 Å². The average Bonchev–Trinajstić information content (AvgIpc) is 2.88. The Kier molecular flexibility index (Phi) is 8.77.